The van der Waals surface area contributed by atoms with E-state index in [2.05, 4.69) is 10.3 Å². The summed E-state index contributed by atoms with van der Waals surface area (Å²) in [4.78, 5) is 4.10. The average Bonchev–Trinajstić information content (AvgIpc) is 2.36. The second-order valence-electron chi connectivity index (χ2n) is 3.97. The Hall–Kier alpha value is -2.11. The van der Waals surface area contributed by atoms with Gasteiger partial charge in [-0.2, -0.15) is 0 Å². The van der Waals surface area contributed by atoms with Crippen LogP contribution < -0.4 is 5.32 Å². The summed E-state index contributed by atoms with van der Waals surface area (Å²) in [6.45, 7) is 1.71. The maximum Gasteiger partial charge on any atom is 0.185 e. The van der Waals surface area contributed by atoms with Crippen LogP contribution in [0.1, 0.15) is 11.4 Å². The molecule has 0 amide bonds. The maximum atomic E-state index is 13.4. The molecule has 0 saturated carbocycles. The number of hydrogen-bond acceptors (Lipinski definition) is 2. The molecule has 2 aromatic rings. The molecule has 0 aliphatic heterocycles. The first-order valence-corrected chi connectivity index (χ1v) is 5.48. The summed E-state index contributed by atoms with van der Waals surface area (Å²) < 4.78 is 52.7. The summed E-state index contributed by atoms with van der Waals surface area (Å²) in [5.41, 5.74) is 0.398. The summed E-state index contributed by atoms with van der Waals surface area (Å²) >= 11 is 0. The number of nitrogens with zero attached hydrogens (tertiary/aromatic N) is 1. The second kappa shape index (κ2) is 5.26. The molecule has 0 spiro atoms. The zero-order valence-corrected chi connectivity index (χ0v) is 9.98. The van der Waals surface area contributed by atoms with E-state index in [0.717, 1.165) is 5.69 Å². The Morgan fingerprint density at radius 1 is 1.05 bits per heavy atom. The van der Waals surface area contributed by atoms with Crippen LogP contribution in [0.2, 0.25) is 0 Å². The molecule has 1 N–H and O–H groups in total. The molecule has 0 bridgehead atoms. The number of hydrogen-bond donors (Lipinski definition) is 1. The third kappa shape index (κ3) is 2.83. The summed E-state index contributed by atoms with van der Waals surface area (Å²) in [5.74, 6) is -5.80. The molecule has 6 heteroatoms. The first kappa shape index (κ1) is 13.3. The van der Waals surface area contributed by atoms with Crippen molar-refractivity contribution in [3.8, 4) is 0 Å². The van der Waals surface area contributed by atoms with Gasteiger partial charge in [-0.25, -0.2) is 17.6 Å². The lowest BCUT2D eigenvalue weighted by Gasteiger charge is -2.09. The molecule has 0 aliphatic carbocycles. The van der Waals surface area contributed by atoms with Crippen molar-refractivity contribution in [3.05, 3.63) is 58.9 Å². The van der Waals surface area contributed by atoms with E-state index in [9.17, 15) is 17.6 Å². The molecule has 1 aromatic heterocycles. The monoisotopic (exact) mass is 270 g/mol. The van der Waals surface area contributed by atoms with Crippen LogP contribution in [-0.2, 0) is 6.54 Å². The molecule has 0 saturated heterocycles. The van der Waals surface area contributed by atoms with Crippen LogP contribution in [0.25, 0.3) is 0 Å². The van der Waals surface area contributed by atoms with Crippen LogP contribution in [0, 0.1) is 30.2 Å². The van der Waals surface area contributed by atoms with E-state index in [1.165, 1.54) is 0 Å². The maximum absolute atomic E-state index is 13.4. The smallest absolute Gasteiger partial charge is 0.185 e. The molecule has 0 aliphatic rings. The van der Waals surface area contributed by atoms with Crippen LogP contribution >= 0.6 is 0 Å². The minimum Gasteiger partial charge on any atom is -0.374 e. The predicted molar refractivity (Wildman–Crippen MR) is 62.6 cm³/mol. The molecule has 1 aromatic carbocycles. The lowest BCUT2D eigenvalue weighted by Crippen LogP contribution is -2.08. The molecule has 0 atom stereocenters. The Balaban J connectivity index is 2.25. The molecule has 100 valence electrons. The second-order valence-corrected chi connectivity index (χ2v) is 3.97. The van der Waals surface area contributed by atoms with Gasteiger partial charge in [0.15, 0.2) is 23.3 Å². The number of aromatic nitrogens is 1. The molecule has 0 fully saturated rings. The number of benzene rings is 1. The van der Waals surface area contributed by atoms with Crippen LogP contribution in [0.4, 0.5) is 23.2 Å². The van der Waals surface area contributed by atoms with E-state index >= 15 is 0 Å². The first-order valence-electron chi connectivity index (χ1n) is 5.48. The number of nitrogens with one attached hydrogen (secondary N) is 1. The standard InChI is InChI=1S/C13H10F4N2/c1-7-3-2-4-8(19-7)6-18-13-11(16)9(14)5-10(15)12(13)17/h2-5,18H,6H2,1H3. The third-order valence-electron chi connectivity index (χ3n) is 2.50. The third-order valence-corrected chi connectivity index (χ3v) is 2.50. The van der Waals surface area contributed by atoms with Crippen LogP contribution in [0.3, 0.4) is 0 Å². The van der Waals surface area contributed by atoms with Crippen molar-refractivity contribution in [2.45, 2.75) is 13.5 Å². The van der Waals surface area contributed by atoms with Crippen molar-refractivity contribution < 1.29 is 17.6 Å². The Morgan fingerprint density at radius 3 is 2.26 bits per heavy atom. The van der Waals surface area contributed by atoms with Gasteiger partial charge in [0.05, 0.1) is 12.2 Å². The van der Waals surface area contributed by atoms with E-state index in [1.807, 2.05) is 0 Å². The van der Waals surface area contributed by atoms with Gasteiger partial charge < -0.3 is 5.32 Å². The SMILES string of the molecule is Cc1cccc(CNc2c(F)c(F)cc(F)c2F)n1. The number of anilines is 1. The van der Waals surface area contributed by atoms with Gasteiger partial charge in [0.1, 0.15) is 5.69 Å². The van der Waals surface area contributed by atoms with Crippen molar-refractivity contribution >= 4 is 5.69 Å². The Morgan fingerprint density at radius 2 is 1.68 bits per heavy atom. The zero-order chi connectivity index (χ0) is 14.0. The fourth-order valence-electron chi connectivity index (χ4n) is 1.61. The average molecular weight is 270 g/mol. The number of aryl methyl sites for hydroxylation is 1. The first-order chi connectivity index (χ1) is 8.99. The molecule has 0 radical (unpaired) electrons. The van der Waals surface area contributed by atoms with Crippen molar-refractivity contribution in [2.24, 2.45) is 0 Å². The normalized spacial score (nSPS) is 10.6. The molecular formula is C13H10F4N2. The van der Waals surface area contributed by atoms with Crippen LogP contribution in [0.5, 0.6) is 0 Å². The molecule has 2 rings (SSSR count). The van der Waals surface area contributed by atoms with E-state index < -0.39 is 29.0 Å². The highest BCUT2D eigenvalue weighted by Gasteiger charge is 2.18. The highest BCUT2D eigenvalue weighted by molar-refractivity contribution is 5.47. The van der Waals surface area contributed by atoms with Crippen molar-refractivity contribution in [1.82, 2.24) is 4.98 Å². The lowest BCUT2D eigenvalue weighted by molar-refractivity contribution is 0.458. The summed E-state index contributed by atoms with van der Waals surface area (Å²) in [6, 6.07) is 5.27. The Bertz CT molecular complexity index is 588. The molecule has 19 heavy (non-hydrogen) atoms. The molecule has 0 unspecified atom stereocenters. The summed E-state index contributed by atoms with van der Waals surface area (Å²) in [7, 11) is 0. The van der Waals surface area contributed by atoms with Gasteiger partial charge in [0.2, 0.25) is 0 Å². The van der Waals surface area contributed by atoms with Gasteiger partial charge in [0, 0.05) is 11.8 Å². The Kier molecular flexibility index (Phi) is 3.69. The predicted octanol–water partition coefficient (Wildman–Crippen LogP) is 3.56. The lowest BCUT2D eigenvalue weighted by atomic mass is 10.2. The van der Waals surface area contributed by atoms with Crippen LogP contribution in [0.15, 0.2) is 24.3 Å². The van der Waals surface area contributed by atoms with E-state index in [4.69, 9.17) is 0 Å². The Labute approximate surface area is 107 Å². The van der Waals surface area contributed by atoms with Crippen LogP contribution in [-0.4, -0.2) is 4.98 Å². The van der Waals surface area contributed by atoms with Gasteiger partial charge in [-0.05, 0) is 19.1 Å². The van der Waals surface area contributed by atoms with E-state index in [-0.39, 0.29) is 12.6 Å². The quantitative estimate of drug-likeness (QED) is 0.681. The van der Waals surface area contributed by atoms with E-state index in [0.29, 0.717) is 5.69 Å². The molecular weight excluding hydrogens is 260 g/mol. The van der Waals surface area contributed by atoms with Gasteiger partial charge in [-0.3, -0.25) is 4.98 Å². The van der Waals surface area contributed by atoms with Crippen molar-refractivity contribution in [1.29, 1.82) is 0 Å². The highest BCUT2D eigenvalue weighted by atomic mass is 19.2. The zero-order valence-electron chi connectivity index (χ0n) is 9.98. The van der Waals surface area contributed by atoms with Crippen molar-refractivity contribution in [3.63, 3.8) is 0 Å². The van der Waals surface area contributed by atoms with E-state index in [1.54, 1.807) is 25.1 Å². The molecule has 2 nitrogen and oxygen atoms in total. The van der Waals surface area contributed by atoms with Gasteiger partial charge in [-0.15, -0.1) is 0 Å². The number of halogens is 4. The number of rotatable bonds is 3. The fourth-order valence-corrected chi connectivity index (χ4v) is 1.61. The molecule has 1 heterocycles. The fraction of sp³-hybridized carbons (Fsp3) is 0.154. The largest absolute Gasteiger partial charge is 0.374 e. The minimum absolute atomic E-state index is 0.0432. The van der Waals surface area contributed by atoms with Gasteiger partial charge in [-0.1, -0.05) is 6.07 Å². The highest BCUT2D eigenvalue weighted by Crippen LogP contribution is 2.24. The minimum atomic E-state index is -1.45. The van der Waals surface area contributed by atoms with Gasteiger partial charge >= 0.3 is 0 Å². The number of pyridine rings is 1. The van der Waals surface area contributed by atoms with Gasteiger partial charge in [0.25, 0.3) is 0 Å². The summed E-state index contributed by atoms with van der Waals surface area (Å²) in [6.07, 6.45) is 0. The topological polar surface area (TPSA) is 24.9 Å². The van der Waals surface area contributed by atoms with Crippen molar-refractivity contribution in [2.75, 3.05) is 5.32 Å². The summed E-state index contributed by atoms with van der Waals surface area (Å²) in [5, 5.41) is 2.31.